The smallest absolute Gasteiger partial charge is 0.0622 e. The first kappa shape index (κ1) is 6.33. The zero-order chi connectivity index (χ0) is 22.1. The van der Waals surface area contributed by atoms with Crippen molar-refractivity contribution in [2.75, 3.05) is 0 Å². The summed E-state index contributed by atoms with van der Waals surface area (Å²) in [7, 11) is 0. The van der Waals surface area contributed by atoms with Crippen LogP contribution in [-0.2, 0) is 0 Å². The lowest BCUT2D eigenvalue weighted by atomic mass is 9.92. The van der Waals surface area contributed by atoms with Gasteiger partial charge < -0.3 is 0 Å². The third-order valence-electron chi connectivity index (χ3n) is 3.34. The van der Waals surface area contributed by atoms with Crippen molar-refractivity contribution in [3.8, 4) is 11.1 Å². The molecule has 0 atom stereocenters. The average Bonchev–Trinajstić information content (AvgIpc) is 2.74. The van der Waals surface area contributed by atoms with E-state index in [-0.39, 0.29) is 34.0 Å². The molecule has 0 heterocycles. The summed E-state index contributed by atoms with van der Waals surface area (Å²) < 4.78 is 74.4. The molecule has 0 nitrogen and oxygen atoms in total. The first-order chi connectivity index (χ1) is 14.1. The van der Waals surface area contributed by atoms with Gasteiger partial charge in [0.1, 0.15) is 0 Å². The number of rotatable bonds is 1. The van der Waals surface area contributed by atoms with Gasteiger partial charge in [0.15, 0.2) is 0 Å². The molecule has 0 N–H and O–H groups in total. The monoisotopic (exact) mass is 341 g/mol. The maximum absolute atomic E-state index is 8.51. The minimum atomic E-state index is -0.527. The van der Waals surface area contributed by atoms with Gasteiger partial charge in [-0.1, -0.05) is 78.6 Å². The predicted molar refractivity (Wildman–Crippen MR) is 94.6 cm³/mol. The molecule has 1 heteroatoms. The summed E-state index contributed by atoms with van der Waals surface area (Å²) in [5.74, 6) is 0. The van der Waals surface area contributed by atoms with E-state index in [0.717, 1.165) is 0 Å². The van der Waals surface area contributed by atoms with E-state index in [1.807, 2.05) is 0 Å². The van der Waals surface area contributed by atoms with E-state index in [0.29, 0.717) is 15.2 Å². The van der Waals surface area contributed by atoms with Crippen LogP contribution in [-0.4, -0.2) is 0 Å². The molecule has 0 bridgehead atoms. The highest BCUT2D eigenvalue weighted by Crippen LogP contribution is 2.41. The van der Waals surface area contributed by atoms with Crippen molar-refractivity contribution in [2.45, 2.75) is 0 Å². The molecule has 0 aliphatic carbocycles. The molecular formula is C20H13Br. The van der Waals surface area contributed by atoms with Crippen LogP contribution in [0.3, 0.4) is 0 Å². The summed E-state index contributed by atoms with van der Waals surface area (Å²) in [4.78, 5) is 0. The summed E-state index contributed by atoms with van der Waals surface area (Å²) >= 11 is 3.46. The first-order valence-electron chi connectivity index (χ1n) is 10.8. The minimum Gasteiger partial charge on any atom is -0.0622 e. The maximum Gasteiger partial charge on any atom is 0.0630 e. The van der Waals surface area contributed by atoms with Gasteiger partial charge in [0.2, 0.25) is 0 Å². The molecule has 4 aromatic carbocycles. The second-order valence-electron chi connectivity index (χ2n) is 4.48. The highest BCUT2D eigenvalue weighted by Gasteiger charge is 2.12. The topological polar surface area (TPSA) is 0 Å². The van der Waals surface area contributed by atoms with Crippen molar-refractivity contribution in [1.82, 2.24) is 0 Å². The molecular weight excluding hydrogens is 320 g/mol. The van der Waals surface area contributed by atoms with E-state index in [1.54, 1.807) is 24.3 Å². The number of fused-ring (bicyclic) bond motifs is 2. The fraction of sp³-hybridized carbons (Fsp3) is 0. The molecule has 0 amide bonds. The van der Waals surface area contributed by atoms with Gasteiger partial charge >= 0.3 is 0 Å². The van der Waals surface area contributed by atoms with Crippen molar-refractivity contribution < 1.29 is 12.3 Å². The zero-order valence-electron chi connectivity index (χ0n) is 19.7. The van der Waals surface area contributed by atoms with E-state index < -0.39 is 42.3 Å². The Balaban J connectivity index is 2.43. The van der Waals surface area contributed by atoms with Crippen LogP contribution in [0.4, 0.5) is 0 Å². The molecule has 0 aromatic heterocycles. The Morgan fingerprint density at radius 1 is 0.667 bits per heavy atom. The van der Waals surface area contributed by atoms with Gasteiger partial charge in [-0.05, 0) is 48.6 Å². The number of benzene rings is 4. The number of halogens is 1. The normalized spacial score (nSPS) is 17.1. The number of hydrogen-bond donors (Lipinski definition) is 0. The standard InChI is InChI=1S/C20H13Br/c21-20-17-12-6-4-10-15(17)19(14-8-2-1-3-9-14)16-11-5-7-13-18(16)20/h1-13H/i1D,2D,3D,4D,6D,8D,9D,10D,12D. The largest absolute Gasteiger partial charge is 0.0630 e. The summed E-state index contributed by atoms with van der Waals surface area (Å²) in [6.07, 6.45) is 0. The van der Waals surface area contributed by atoms with E-state index in [9.17, 15) is 0 Å². The molecule has 0 fully saturated rings. The molecule has 0 saturated heterocycles. The lowest BCUT2D eigenvalue weighted by molar-refractivity contribution is 1.66. The van der Waals surface area contributed by atoms with Gasteiger partial charge in [0.25, 0.3) is 0 Å². The van der Waals surface area contributed by atoms with Crippen LogP contribution < -0.4 is 0 Å². The first-order valence-corrected chi connectivity index (χ1v) is 7.06. The van der Waals surface area contributed by atoms with E-state index in [4.69, 9.17) is 12.3 Å². The van der Waals surface area contributed by atoms with Crippen molar-refractivity contribution >= 4 is 37.5 Å². The SMILES string of the molecule is [2H]c1c([2H])c([2H])c(-c2c3ccccc3c(Br)c3c([2H])c([2H])c([2H])c([2H])c23)c([2H])c1[2H]. The van der Waals surface area contributed by atoms with Gasteiger partial charge in [-0.25, -0.2) is 0 Å². The van der Waals surface area contributed by atoms with Crippen LogP contribution in [0.5, 0.6) is 0 Å². The fourth-order valence-corrected chi connectivity index (χ4v) is 3.10. The molecule has 4 rings (SSSR count). The molecule has 0 aliphatic rings. The van der Waals surface area contributed by atoms with E-state index >= 15 is 0 Å². The Labute approximate surface area is 144 Å². The molecule has 0 spiro atoms. The average molecular weight is 342 g/mol. The van der Waals surface area contributed by atoms with Crippen LogP contribution in [0.1, 0.15) is 12.3 Å². The second-order valence-corrected chi connectivity index (χ2v) is 5.28. The van der Waals surface area contributed by atoms with Crippen LogP contribution in [0, 0.1) is 0 Å². The van der Waals surface area contributed by atoms with Crippen LogP contribution in [0.2, 0.25) is 0 Å². The third-order valence-corrected chi connectivity index (χ3v) is 4.16. The Kier molecular flexibility index (Phi) is 1.51. The minimum absolute atomic E-state index is 0.0975. The summed E-state index contributed by atoms with van der Waals surface area (Å²) in [5, 5.41) is 1.42. The zero-order valence-corrected chi connectivity index (χ0v) is 12.3. The second kappa shape index (κ2) is 5.01. The van der Waals surface area contributed by atoms with Crippen molar-refractivity contribution in [2.24, 2.45) is 0 Å². The highest BCUT2D eigenvalue weighted by atomic mass is 79.9. The van der Waals surface area contributed by atoms with Crippen molar-refractivity contribution in [1.29, 1.82) is 0 Å². The molecule has 0 unspecified atom stereocenters. The summed E-state index contributed by atoms with van der Waals surface area (Å²) in [6, 6.07) is 3.08. The quantitative estimate of drug-likeness (QED) is 0.350. The van der Waals surface area contributed by atoms with Gasteiger partial charge in [0.05, 0.1) is 12.3 Å². The molecule has 100 valence electrons. The van der Waals surface area contributed by atoms with Gasteiger partial charge in [-0.2, -0.15) is 0 Å². The Hall–Kier alpha value is -2.12. The maximum atomic E-state index is 8.51. The predicted octanol–water partition coefficient (Wildman–Crippen LogP) is 6.42. The molecule has 0 saturated carbocycles. The van der Waals surface area contributed by atoms with Gasteiger partial charge in [-0.15, -0.1) is 0 Å². The lowest BCUT2D eigenvalue weighted by Crippen LogP contribution is -1.86. The summed E-state index contributed by atoms with van der Waals surface area (Å²) in [6.45, 7) is 0. The van der Waals surface area contributed by atoms with E-state index in [2.05, 4.69) is 15.9 Å². The number of hydrogen-bond acceptors (Lipinski definition) is 0. The lowest BCUT2D eigenvalue weighted by Gasteiger charge is -2.14. The van der Waals surface area contributed by atoms with Gasteiger partial charge in [-0.3, -0.25) is 0 Å². The Morgan fingerprint density at radius 3 is 2.05 bits per heavy atom. The van der Waals surface area contributed by atoms with Crippen molar-refractivity contribution in [3.05, 3.63) is 83.1 Å². The molecule has 0 aliphatic heterocycles. The van der Waals surface area contributed by atoms with Crippen LogP contribution >= 0.6 is 15.9 Å². The Bertz CT molecular complexity index is 1370. The fourth-order valence-electron chi connectivity index (χ4n) is 2.46. The third kappa shape index (κ3) is 1.97. The molecule has 0 radical (unpaired) electrons. The van der Waals surface area contributed by atoms with E-state index in [1.165, 1.54) is 0 Å². The van der Waals surface area contributed by atoms with Crippen molar-refractivity contribution in [3.63, 3.8) is 0 Å². The van der Waals surface area contributed by atoms with Crippen LogP contribution in [0.15, 0.2) is 83.1 Å². The highest BCUT2D eigenvalue weighted by molar-refractivity contribution is 9.10. The Morgan fingerprint density at radius 2 is 1.29 bits per heavy atom. The van der Waals surface area contributed by atoms with Gasteiger partial charge in [0, 0.05) is 4.47 Å². The van der Waals surface area contributed by atoms with Crippen LogP contribution in [0.25, 0.3) is 32.7 Å². The molecule has 21 heavy (non-hydrogen) atoms. The molecule has 4 aromatic rings. The summed E-state index contributed by atoms with van der Waals surface area (Å²) in [5.41, 5.74) is 0.0903.